The molecular formula is C24H36O9S. The minimum Gasteiger partial charge on any atom is -0.481 e. The van der Waals surface area contributed by atoms with E-state index in [1.54, 1.807) is 5.57 Å². The summed E-state index contributed by atoms with van der Waals surface area (Å²) in [6.07, 6.45) is 10.1. The van der Waals surface area contributed by atoms with E-state index in [1.165, 1.54) is 24.8 Å². The monoisotopic (exact) mass is 500 g/mol. The van der Waals surface area contributed by atoms with Crippen LogP contribution < -0.4 is 0 Å². The summed E-state index contributed by atoms with van der Waals surface area (Å²) in [4.78, 5) is 31.9. The van der Waals surface area contributed by atoms with Crippen LogP contribution >= 0.6 is 0 Å². The van der Waals surface area contributed by atoms with E-state index >= 15 is 0 Å². The molecule has 0 aromatic carbocycles. The van der Waals surface area contributed by atoms with Gasteiger partial charge in [-0.2, -0.15) is 8.42 Å². The van der Waals surface area contributed by atoms with E-state index in [-0.39, 0.29) is 11.3 Å². The molecule has 0 heterocycles. The summed E-state index contributed by atoms with van der Waals surface area (Å²) in [5.74, 6) is -2.61. The third-order valence-electron chi connectivity index (χ3n) is 8.06. The molecule has 3 rings (SSSR count). The number of carboxylic acid groups (broad SMARTS) is 3. The van der Waals surface area contributed by atoms with Gasteiger partial charge in [0.15, 0.2) is 5.25 Å². The number of hydrogen-bond donors (Lipinski definition) is 4. The number of aliphatic carboxylic acids is 3. The van der Waals surface area contributed by atoms with Gasteiger partial charge in [0.25, 0.3) is 10.1 Å². The molecule has 0 aromatic rings. The smallest absolute Gasteiger partial charge is 0.325 e. The Bertz CT molecular complexity index is 994. The summed E-state index contributed by atoms with van der Waals surface area (Å²) in [5.41, 5.74) is 2.69. The molecule has 0 amide bonds. The summed E-state index contributed by atoms with van der Waals surface area (Å²) >= 11 is 0. The fourth-order valence-corrected chi connectivity index (χ4v) is 6.69. The Kier molecular flexibility index (Phi) is 8.41. The Balaban J connectivity index is 0.000000292. The molecule has 0 saturated heterocycles. The van der Waals surface area contributed by atoms with Crippen LogP contribution in [0.5, 0.6) is 0 Å². The van der Waals surface area contributed by atoms with Gasteiger partial charge in [-0.3, -0.25) is 18.9 Å². The Morgan fingerprint density at radius 3 is 2.18 bits per heavy atom. The largest absolute Gasteiger partial charge is 0.481 e. The predicted octanol–water partition coefficient (Wildman–Crippen LogP) is 4.01. The lowest BCUT2D eigenvalue weighted by Gasteiger charge is -2.57. The third kappa shape index (κ3) is 5.71. The third-order valence-corrected chi connectivity index (χ3v) is 9.15. The molecular weight excluding hydrogens is 464 g/mol. The van der Waals surface area contributed by atoms with Gasteiger partial charge >= 0.3 is 17.9 Å². The quantitative estimate of drug-likeness (QED) is 0.394. The molecule has 192 valence electrons. The molecule has 0 spiro atoms. The average molecular weight is 501 g/mol. The van der Waals surface area contributed by atoms with Crippen LogP contribution in [0.3, 0.4) is 0 Å². The van der Waals surface area contributed by atoms with Crippen LogP contribution in [0.2, 0.25) is 0 Å². The van der Waals surface area contributed by atoms with E-state index in [9.17, 15) is 27.9 Å². The van der Waals surface area contributed by atoms with E-state index in [0.717, 1.165) is 19.3 Å². The number of fused-ring (bicyclic) bond motifs is 3. The van der Waals surface area contributed by atoms with Crippen molar-refractivity contribution in [2.45, 2.75) is 77.9 Å². The molecule has 0 aliphatic heterocycles. The molecule has 0 radical (unpaired) electrons. The summed E-state index contributed by atoms with van der Waals surface area (Å²) in [6, 6.07) is 0. The lowest BCUT2D eigenvalue weighted by atomic mass is 9.47. The van der Waals surface area contributed by atoms with Gasteiger partial charge in [-0.1, -0.05) is 44.9 Å². The van der Waals surface area contributed by atoms with Crippen molar-refractivity contribution in [3.05, 3.63) is 23.3 Å². The van der Waals surface area contributed by atoms with Crippen molar-refractivity contribution < 1.29 is 42.7 Å². The lowest BCUT2D eigenvalue weighted by Crippen LogP contribution is -2.53. The van der Waals surface area contributed by atoms with Gasteiger partial charge in [-0.25, -0.2) is 0 Å². The molecule has 5 atom stereocenters. The normalized spacial score (nSPS) is 31.6. The van der Waals surface area contributed by atoms with Gasteiger partial charge in [0.05, 0.1) is 11.8 Å². The molecule has 0 bridgehead atoms. The van der Waals surface area contributed by atoms with Gasteiger partial charge in [-0.05, 0) is 67.8 Å². The summed E-state index contributed by atoms with van der Waals surface area (Å²) in [6.45, 7) is 8.93. The number of carbonyl (C=O) groups is 3. The van der Waals surface area contributed by atoms with E-state index < -0.39 is 45.1 Å². The minimum absolute atomic E-state index is 0.161. The molecule has 1 saturated carbocycles. The van der Waals surface area contributed by atoms with E-state index in [1.807, 2.05) is 6.92 Å². The second-order valence-electron chi connectivity index (χ2n) is 10.5. The maximum Gasteiger partial charge on any atom is 0.325 e. The zero-order valence-electron chi connectivity index (χ0n) is 20.2. The molecule has 10 heteroatoms. The van der Waals surface area contributed by atoms with Crippen LogP contribution in [-0.4, -0.2) is 51.4 Å². The Morgan fingerprint density at radius 1 is 1.12 bits per heavy atom. The highest BCUT2D eigenvalue weighted by molar-refractivity contribution is 7.87. The first-order valence-electron chi connectivity index (χ1n) is 11.6. The second-order valence-corrected chi connectivity index (χ2v) is 12.1. The van der Waals surface area contributed by atoms with E-state index in [0.29, 0.717) is 11.8 Å². The zero-order chi connectivity index (χ0) is 26.1. The Labute approximate surface area is 200 Å². The molecule has 34 heavy (non-hydrogen) atoms. The molecule has 2 unspecified atom stereocenters. The standard InChI is InChI=1S/C20H30O2.C4H6O7S/c1-13(2)14-6-8-16-15(12-14)7-9-17-19(16,3)10-5-11-20(17,4)18(21)22;5-3(6)1-2(4(7)8)12(9,10)11/h7,12-13,16-17H,5-6,8-11H2,1-4H3,(H,21,22);2H,1H2,(H,5,6)(H,7,8)(H,9,10,11)/t16-,17?,19+,20+;/m0./s1. The number of carboxylic acids is 3. The average Bonchev–Trinajstić information content (AvgIpc) is 2.70. The van der Waals surface area contributed by atoms with Gasteiger partial charge < -0.3 is 15.3 Å². The first-order chi connectivity index (χ1) is 15.5. The summed E-state index contributed by atoms with van der Waals surface area (Å²) in [5, 5.41) is 23.7. The van der Waals surface area contributed by atoms with E-state index in [2.05, 4.69) is 32.9 Å². The van der Waals surface area contributed by atoms with Crippen molar-refractivity contribution in [3.8, 4) is 0 Å². The minimum atomic E-state index is -4.84. The first-order valence-corrected chi connectivity index (χ1v) is 13.1. The summed E-state index contributed by atoms with van der Waals surface area (Å²) < 4.78 is 28.7. The molecule has 0 aromatic heterocycles. The Morgan fingerprint density at radius 2 is 1.74 bits per heavy atom. The lowest BCUT2D eigenvalue weighted by molar-refractivity contribution is -0.162. The van der Waals surface area contributed by atoms with Crippen LogP contribution in [0.1, 0.15) is 72.6 Å². The molecule has 3 aliphatic rings. The second kappa shape index (κ2) is 10.2. The SMILES string of the molecule is CC(C)C1=CC2=CCC3[C@](C)(C(=O)O)CCC[C@]3(C)[C@H]2CC1.O=C(O)CC(C(=O)O)S(=O)(=O)O. The Hall–Kier alpha value is -2.20. The maximum atomic E-state index is 11.9. The van der Waals surface area contributed by atoms with Crippen molar-refractivity contribution in [1.29, 1.82) is 0 Å². The van der Waals surface area contributed by atoms with Crippen molar-refractivity contribution in [3.63, 3.8) is 0 Å². The maximum absolute atomic E-state index is 11.9. The van der Waals surface area contributed by atoms with Gasteiger partial charge in [-0.15, -0.1) is 0 Å². The van der Waals surface area contributed by atoms with Crippen molar-refractivity contribution in [2.24, 2.45) is 28.6 Å². The fraction of sp³-hybridized carbons (Fsp3) is 0.708. The number of allylic oxidation sites excluding steroid dienone is 4. The van der Waals surface area contributed by atoms with Crippen molar-refractivity contribution in [1.82, 2.24) is 0 Å². The van der Waals surface area contributed by atoms with Crippen LogP contribution in [0.25, 0.3) is 0 Å². The van der Waals surface area contributed by atoms with Crippen molar-refractivity contribution >= 4 is 28.0 Å². The zero-order valence-corrected chi connectivity index (χ0v) is 21.0. The molecule has 4 N–H and O–H groups in total. The highest BCUT2D eigenvalue weighted by atomic mass is 32.2. The highest BCUT2D eigenvalue weighted by Gasteiger charge is 2.57. The summed E-state index contributed by atoms with van der Waals surface area (Å²) in [7, 11) is -4.84. The van der Waals surface area contributed by atoms with Crippen LogP contribution in [0, 0.1) is 28.6 Å². The van der Waals surface area contributed by atoms with Crippen LogP contribution in [0.15, 0.2) is 23.3 Å². The number of hydrogen-bond acceptors (Lipinski definition) is 5. The van der Waals surface area contributed by atoms with Crippen LogP contribution in [-0.2, 0) is 24.5 Å². The van der Waals surface area contributed by atoms with Gasteiger partial charge in [0, 0.05) is 0 Å². The van der Waals surface area contributed by atoms with Gasteiger partial charge in [0.2, 0.25) is 0 Å². The van der Waals surface area contributed by atoms with Crippen LogP contribution in [0.4, 0.5) is 0 Å². The van der Waals surface area contributed by atoms with Gasteiger partial charge in [0.1, 0.15) is 0 Å². The fourth-order valence-electron chi connectivity index (χ4n) is 6.08. The molecule has 9 nitrogen and oxygen atoms in total. The first kappa shape index (κ1) is 28.0. The van der Waals surface area contributed by atoms with Crippen molar-refractivity contribution in [2.75, 3.05) is 0 Å². The number of rotatable bonds is 6. The molecule has 3 aliphatic carbocycles. The topological polar surface area (TPSA) is 166 Å². The highest BCUT2D eigenvalue weighted by Crippen LogP contribution is 2.62. The van der Waals surface area contributed by atoms with E-state index in [4.69, 9.17) is 14.8 Å². The molecule has 1 fully saturated rings. The predicted molar refractivity (Wildman–Crippen MR) is 125 cm³/mol.